The van der Waals surface area contributed by atoms with Crippen molar-refractivity contribution in [3.8, 4) is 22.9 Å². The average Bonchev–Trinajstić information content (AvgIpc) is 2.74. The number of nitrogens with zero attached hydrogens (tertiary/aromatic N) is 1. The maximum absolute atomic E-state index is 9.16. The number of anilines is 1. The second-order valence-corrected chi connectivity index (χ2v) is 4.61. The molecule has 2 aromatic rings. The molecule has 0 aliphatic rings. The predicted octanol–water partition coefficient (Wildman–Crippen LogP) is 3.89. The Labute approximate surface area is 118 Å². The monoisotopic (exact) mass is 270 g/mol. The summed E-state index contributed by atoms with van der Waals surface area (Å²) < 4.78 is 10.9. The number of ether oxygens (including phenoxy) is 1. The molecule has 0 unspecified atom stereocenters. The van der Waals surface area contributed by atoms with Gasteiger partial charge >= 0.3 is 0 Å². The first-order valence-corrected chi connectivity index (χ1v) is 6.69. The lowest BCUT2D eigenvalue weighted by molar-refractivity contribution is 0.309. The fourth-order valence-corrected chi connectivity index (χ4v) is 2.08. The molecule has 1 heterocycles. The van der Waals surface area contributed by atoms with Crippen LogP contribution < -0.4 is 10.5 Å². The number of rotatable bonds is 5. The molecule has 2 rings (SSSR count). The van der Waals surface area contributed by atoms with E-state index in [-0.39, 0.29) is 5.88 Å². The molecule has 0 saturated carbocycles. The number of benzene rings is 1. The third-order valence-electron chi connectivity index (χ3n) is 3.13. The number of furan rings is 1. The fourth-order valence-electron chi connectivity index (χ4n) is 2.08. The van der Waals surface area contributed by atoms with Crippen molar-refractivity contribution in [2.24, 2.45) is 0 Å². The van der Waals surface area contributed by atoms with Crippen molar-refractivity contribution in [3.63, 3.8) is 0 Å². The van der Waals surface area contributed by atoms with Crippen LogP contribution in [0.15, 0.2) is 28.7 Å². The van der Waals surface area contributed by atoms with Crippen molar-refractivity contribution in [1.82, 2.24) is 0 Å². The minimum absolute atomic E-state index is 0.170. The van der Waals surface area contributed by atoms with Crippen LogP contribution in [0.5, 0.6) is 5.75 Å². The first-order chi connectivity index (χ1) is 9.67. The van der Waals surface area contributed by atoms with E-state index in [9.17, 15) is 0 Å². The number of hydrogen-bond donors (Lipinski definition) is 1. The summed E-state index contributed by atoms with van der Waals surface area (Å²) in [5.41, 5.74) is 7.74. The van der Waals surface area contributed by atoms with Gasteiger partial charge in [-0.1, -0.05) is 25.5 Å². The van der Waals surface area contributed by atoms with Gasteiger partial charge in [-0.2, -0.15) is 5.26 Å². The Morgan fingerprint density at radius 2 is 2.00 bits per heavy atom. The minimum Gasteiger partial charge on any atom is -0.494 e. The molecular formula is C16H18N2O2. The molecule has 0 aliphatic heterocycles. The first-order valence-electron chi connectivity index (χ1n) is 6.69. The molecule has 2 N–H and O–H groups in total. The van der Waals surface area contributed by atoms with Crippen LogP contribution in [0.3, 0.4) is 0 Å². The highest BCUT2D eigenvalue weighted by atomic mass is 16.5. The molecule has 20 heavy (non-hydrogen) atoms. The van der Waals surface area contributed by atoms with Crippen LogP contribution in [-0.4, -0.2) is 6.61 Å². The summed E-state index contributed by atoms with van der Waals surface area (Å²) in [6.45, 7) is 4.65. The number of aryl methyl sites for hydroxylation is 1. The van der Waals surface area contributed by atoms with Gasteiger partial charge in [0.15, 0.2) is 0 Å². The van der Waals surface area contributed by atoms with Gasteiger partial charge in [0.2, 0.25) is 5.88 Å². The fraction of sp³-hybridized carbons (Fsp3) is 0.312. The van der Waals surface area contributed by atoms with Crippen LogP contribution in [0.2, 0.25) is 0 Å². The van der Waals surface area contributed by atoms with E-state index in [1.165, 1.54) is 0 Å². The largest absolute Gasteiger partial charge is 0.494 e. The topological polar surface area (TPSA) is 72.2 Å². The van der Waals surface area contributed by atoms with Crippen LogP contribution in [0, 0.1) is 18.3 Å². The third-order valence-corrected chi connectivity index (χ3v) is 3.13. The van der Waals surface area contributed by atoms with Gasteiger partial charge in [0, 0.05) is 5.56 Å². The Morgan fingerprint density at radius 1 is 1.30 bits per heavy atom. The second kappa shape index (κ2) is 6.16. The number of nitrogen functional groups attached to an aromatic ring is 1. The van der Waals surface area contributed by atoms with Gasteiger partial charge in [0.1, 0.15) is 23.1 Å². The van der Waals surface area contributed by atoms with Crippen molar-refractivity contribution in [2.75, 3.05) is 12.3 Å². The molecule has 0 saturated heterocycles. The van der Waals surface area contributed by atoms with Crippen molar-refractivity contribution in [2.45, 2.75) is 26.7 Å². The lowest BCUT2D eigenvalue weighted by Gasteiger charge is -2.06. The van der Waals surface area contributed by atoms with Gasteiger partial charge < -0.3 is 14.9 Å². The lowest BCUT2D eigenvalue weighted by Crippen LogP contribution is -1.96. The van der Waals surface area contributed by atoms with E-state index in [4.69, 9.17) is 20.1 Å². The van der Waals surface area contributed by atoms with Crippen molar-refractivity contribution in [1.29, 1.82) is 5.26 Å². The molecule has 0 spiro atoms. The predicted molar refractivity (Wildman–Crippen MR) is 78.4 cm³/mol. The molecule has 0 atom stereocenters. The Kier molecular flexibility index (Phi) is 4.31. The Bertz CT molecular complexity index is 621. The molecule has 4 heteroatoms. The summed E-state index contributed by atoms with van der Waals surface area (Å²) in [6, 6.07) is 9.72. The Morgan fingerprint density at radius 3 is 2.60 bits per heavy atom. The van der Waals surface area contributed by atoms with Crippen LogP contribution in [0.25, 0.3) is 11.1 Å². The van der Waals surface area contributed by atoms with Crippen molar-refractivity contribution < 1.29 is 9.15 Å². The normalized spacial score (nSPS) is 10.2. The molecule has 0 radical (unpaired) electrons. The highest BCUT2D eigenvalue weighted by Gasteiger charge is 2.17. The zero-order chi connectivity index (χ0) is 14.5. The van der Waals surface area contributed by atoms with Crippen LogP contribution in [0.1, 0.15) is 31.1 Å². The maximum atomic E-state index is 9.16. The summed E-state index contributed by atoms with van der Waals surface area (Å²) in [5.74, 6) is 1.65. The zero-order valence-corrected chi connectivity index (χ0v) is 11.8. The highest BCUT2D eigenvalue weighted by molar-refractivity contribution is 5.77. The number of unbranched alkanes of at least 4 members (excludes halogenated alkanes) is 1. The summed E-state index contributed by atoms with van der Waals surface area (Å²) in [6.07, 6.45) is 2.15. The smallest absolute Gasteiger partial charge is 0.209 e. The van der Waals surface area contributed by atoms with E-state index in [2.05, 4.69) is 13.0 Å². The summed E-state index contributed by atoms with van der Waals surface area (Å²) in [4.78, 5) is 0. The highest BCUT2D eigenvalue weighted by Crippen LogP contribution is 2.34. The summed E-state index contributed by atoms with van der Waals surface area (Å²) in [7, 11) is 0. The van der Waals surface area contributed by atoms with Crippen molar-refractivity contribution in [3.05, 3.63) is 35.6 Å². The molecule has 0 aliphatic carbocycles. The Hall–Kier alpha value is -2.41. The van der Waals surface area contributed by atoms with E-state index in [0.717, 1.165) is 36.3 Å². The van der Waals surface area contributed by atoms with Crippen LogP contribution in [-0.2, 0) is 0 Å². The minimum atomic E-state index is 0.170. The average molecular weight is 270 g/mol. The molecule has 1 aromatic carbocycles. The molecule has 0 bridgehead atoms. The van der Waals surface area contributed by atoms with E-state index >= 15 is 0 Å². The number of hydrogen-bond acceptors (Lipinski definition) is 4. The van der Waals surface area contributed by atoms with Gasteiger partial charge in [-0.25, -0.2) is 0 Å². The van der Waals surface area contributed by atoms with E-state index < -0.39 is 0 Å². The van der Waals surface area contributed by atoms with Gasteiger partial charge in [0.25, 0.3) is 0 Å². The van der Waals surface area contributed by atoms with Crippen molar-refractivity contribution >= 4 is 5.88 Å². The van der Waals surface area contributed by atoms with Gasteiger partial charge in [-0.15, -0.1) is 0 Å². The maximum Gasteiger partial charge on any atom is 0.209 e. The van der Waals surface area contributed by atoms with E-state index in [1.807, 2.05) is 24.3 Å². The molecule has 1 aromatic heterocycles. The van der Waals surface area contributed by atoms with Crippen LogP contribution in [0.4, 0.5) is 5.88 Å². The molecule has 0 fully saturated rings. The molecular weight excluding hydrogens is 252 g/mol. The third kappa shape index (κ3) is 2.77. The SMILES string of the molecule is CCCCOc1ccc(-c2c(C)oc(N)c2C#N)cc1. The first kappa shape index (κ1) is 14.0. The lowest BCUT2D eigenvalue weighted by atomic mass is 10.0. The van der Waals surface area contributed by atoms with Gasteiger partial charge in [0.05, 0.1) is 6.61 Å². The molecule has 104 valence electrons. The van der Waals surface area contributed by atoms with E-state index in [1.54, 1.807) is 6.92 Å². The quantitative estimate of drug-likeness (QED) is 0.836. The summed E-state index contributed by atoms with van der Waals surface area (Å²) in [5, 5.41) is 9.16. The zero-order valence-electron chi connectivity index (χ0n) is 11.8. The second-order valence-electron chi connectivity index (χ2n) is 4.61. The Balaban J connectivity index is 2.25. The van der Waals surface area contributed by atoms with Crippen LogP contribution >= 0.6 is 0 Å². The number of nitriles is 1. The molecule has 4 nitrogen and oxygen atoms in total. The summed E-state index contributed by atoms with van der Waals surface area (Å²) >= 11 is 0. The van der Waals surface area contributed by atoms with Gasteiger partial charge in [-0.3, -0.25) is 0 Å². The molecule has 0 amide bonds. The standard InChI is InChI=1S/C16H18N2O2/c1-3-4-9-19-13-7-5-12(6-8-13)15-11(2)20-16(18)14(15)10-17/h5-8H,3-4,9,18H2,1-2H3. The van der Waals surface area contributed by atoms with E-state index in [0.29, 0.717) is 11.3 Å². The van der Waals surface area contributed by atoms with Gasteiger partial charge in [-0.05, 0) is 31.0 Å². The number of nitrogens with two attached hydrogens (primary N) is 1.